The van der Waals surface area contributed by atoms with Crippen molar-refractivity contribution in [2.75, 3.05) is 12.4 Å². The van der Waals surface area contributed by atoms with Crippen LogP contribution < -0.4 is 10.3 Å². The van der Waals surface area contributed by atoms with E-state index in [-0.39, 0.29) is 12.2 Å². The summed E-state index contributed by atoms with van der Waals surface area (Å²) < 4.78 is 7.28. The normalized spacial score (nSPS) is 14.8. The Labute approximate surface area is 172 Å². The number of aliphatic hydroxyl groups is 1. The molecular formula is C21H24N2O3S2. The van der Waals surface area contributed by atoms with Crippen molar-refractivity contribution in [3.8, 4) is 5.75 Å². The van der Waals surface area contributed by atoms with Gasteiger partial charge in [-0.05, 0) is 55.9 Å². The largest absolute Gasteiger partial charge is 0.491 e. The highest BCUT2D eigenvalue weighted by Gasteiger charge is 2.21. The highest BCUT2D eigenvalue weighted by Crippen LogP contribution is 2.34. The van der Waals surface area contributed by atoms with E-state index in [1.54, 1.807) is 23.0 Å². The fourth-order valence-electron chi connectivity index (χ4n) is 3.51. The molecule has 1 N–H and O–H groups in total. The molecule has 0 aliphatic heterocycles. The minimum Gasteiger partial charge on any atom is -0.491 e. The summed E-state index contributed by atoms with van der Waals surface area (Å²) in [6, 6.07) is 7.76. The number of aliphatic hydroxyl groups excluding tert-OH is 1. The summed E-state index contributed by atoms with van der Waals surface area (Å²) in [7, 11) is 1.76. The molecule has 1 atom stereocenters. The van der Waals surface area contributed by atoms with Gasteiger partial charge in [0, 0.05) is 17.7 Å². The summed E-state index contributed by atoms with van der Waals surface area (Å²) in [5.41, 5.74) is 2.35. The lowest BCUT2D eigenvalue weighted by Gasteiger charge is -2.13. The second-order valence-electron chi connectivity index (χ2n) is 7.24. The summed E-state index contributed by atoms with van der Waals surface area (Å²) in [4.78, 5) is 19.8. The van der Waals surface area contributed by atoms with E-state index in [0.717, 1.165) is 40.8 Å². The number of benzene rings is 1. The van der Waals surface area contributed by atoms with E-state index in [9.17, 15) is 9.90 Å². The summed E-state index contributed by atoms with van der Waals surface area (Å²) >= 11 is 3.05. The monoisotopic (exact) mass is 416 g/mol. The first-order chi connectivity index (χ1) is 13.5. The van der Waals surface area contributed by atoms with Crippen molar-refractivity contribution in [3.05, 3.63) is 50.6 Å². The minimum atomic E-state index is -0.644. The Morgan fingerprint density at radius 2 is 2.18 bits per heavy atom. The predicted molar refractivity (Wildman–Crippen MR) is 115 cm³/mol. The van der Waals surface area contributed by atoms with Crippen LogP contribution in [0.5, 0.6) is 5.75 Å². The molecule has 0 fully saturated rings. The van der Waals surface area contributed by atoms with Crippen molar-refractivity contribution in [1.82, 2.24) is 9.55 Å². The van der Waals surface area contributed by atoms with Crippen LogP contribution in [-0.2, 0) is 19.9 Å². The molecule has 7 heteroatoms. The van der Waals surface area contributed by atoms with Gasteiger partial charge in [0.25, 0.3) is 5.56 Å². The first-order valence-corrected chi connectivity index (χ1v) is 11.3. The van der Waals surface area contributed by atoms with Gasteiger partial charge in [-0.3, -0.25) is 9.36 Å². The zero-order chi connectivity index (χ0) is 19.7. The summed E-state index contributed by atoms with van der Waals surface area (Å²) in [6.07, 6.45) is 3.72. The third-order valence-corrected chi connectivity index (χ3v) is 7.35. The first-order valence-electron chi connectivity index (χ1n) is 9.54. The van der Waals surface area contributed by atoms with Crippen LogP contribution in [0.2, 0.25) is 0 Å². The zero-order valence-electron chi connectivity index (χ0n) is 16.1. The summed E-state index contributed by atoms with van der Waals surface area (Å²) in [6.45, 7) is 2.21. The summed E-state index contributed by atoms with van der Waals surface area (Å²) in [5, 5.41) is 11.7. The second-order valence-corrected chi connectivity index (χ2v) is 9.31. The molecule has 1 aromatic carbocycles. The van der Waals surface area contributed by atoms with Gasteiger partial charge in [-0.25, -0.2) is 4.98 Å². The minimum absolute atomic E-state index is 0.0254. The molecular weight excluding hydrogens is 392 g/mol. The van der Waals surface area contributed by atoms with Gasteiger partial charge in [0.15, 0.2) is 5.16 Å². The highest BCUT2D eigenvalue weighted by molar-refractivity contribution is 7.99. The quantitative estimate of drug-likeness (QED) is 0.490. The molecule has 0 amide bonds. The van der Waals surface area contributed by atoms with Crippen LogP contribution in [0, 0.1) is 6.92 Å². The first kappa shape index (κ1) is 19.5. The van der Waals surface area contributed by atoms with Crippen LogP contribution in [0.25, 0.3) is 10.2 Å². The fraction of sp³-hybridized carbons (Fsp3) is 0.429. The van der Waals surface area contributed by atoms with Crippen molar-refractivity contribution in [2.24, 2.45) is 7.05 Å². The van der Waals surface area contributed by atoms with Crippen molar-refractivity contribution >= 4 is 33.3 Å². The predicted octanol–water partition coefficient (Wildman–Crippen LogP) is 3.71. The smallest absolute Gasteiger partial charge is 0.262 e. The Hall–Kier alpha value is -1.83. The maximum atomic E-state index is 12.9. The standard InChI is InChI=1S/C21H24N2O3S2/c1-13-6-5-7-15(10-13)26-11-14(24)12-27-21-22-19-18(20(25)23(21)2)16-8-3-4-9-17(16)28-19/h5-7,10,14,24H,3-4,8-9,11-12H2,1-2H3/t14-/m0/s1. The van der Waals surface area contributed by atoms with Gasteiger partial charge in [-0.1, -0.05) is 23.9 Å². The van der Waals surface area contributed by atoms with Gasteiger partial charge < -0.3 is 9.84 Å². The van der Waals surface area contributed by atoms with Crippen molar-refractivity contribution in [1.29, 1.82) is 0 Å². The van der Waals surface area contributed by atoms with Crippen LogP contribution in [0.15, 0.2) is 34.2 Å². The average Bonchev–Trinajstić information content (AvgIpc) is 3.06. The molecule has 28 heavy (non-hydrogen) atoms. The van der Waals surface area contributed by atoms with E-state index < -0.39 is 6.10 Å². The van der Waals surface area contributed by atoms with Crippen LogP contribution in [-0.4, -0.2) is 33.1 Å². The molecule has 5 nitrogen and oxygen atoms in total. The Bertz CT molecular complexity index is 1060. The molecule has 148 valence electrons. The van der Waals surface area contributed by atoms with E-state index in [2.05, 4.69) is 0 Å². The molecule has 0 unspecified atom stereocenters. The van der Waals surface area contributed by atoms with E-state index in [0.29, 0.717) is 10.9 Å². The molecule has 2 aromatic heterocycles. The Balaban J connectivity index is 1.46. The van der Waals surface area contributed by atoms with Crippen LogP contribution in [0.4, 0.5) is 0 Å². The van der Waals surface area contributed by atoms with Gasteiger partial charge >= 0.3 is 0 Å². The molecule has 1 aliphatic rings. The molecule has 4 rings (SSSR count). The number of hydrogen-bond acceptors (Lipinski definition) is 6. The molecule has 3 aromatic rings. The van der Waals surface area contributed by atoms with Gasteiger partial charge in [0.05, 0.1) is 11.5 Å². The van der Waals surface area contributed by atoms with Crippen molar-refractivity contribution in [2.45, 2.75) is 43.9 Å². The zero-order valence-corrected chi connectivity index (χ0v) is 17.7. The van der Waals surface area contributed by atoms with Gasteiger partial charge in [-0.15, -0.1) is 11.3 Å². The molecule has 0 saturated carbocycles. The fourth-order valence-corrected chi connectivity index (χ4v) is 5.69. The SMILES string of the molecule is Cc1cccc(OC[C@H](O)CSc2nc3sc4c(c3c(=O)n2C)CCCC4)c1. The number of ether oxygens (including phenoxy) is 1. The number of thioether (sulfide) groups is 1. The van der Waals surface area contributed by atoms with Gasteiger partial charge in [0.1, 0.15) is 17.2 Å². The Morgan fingerprint density at radius 1 is 1.36 bits per heavy atom. The van der Waals surface area contributed by atoms with Gasteiger partial charge in [0.2, 0.25) is 0 Å². The Morgan fingerprint density at radius 3 is 3.00 bits per heavy atom. The number of aromatic nitrogens is 2. The topological polar surface area (TPSA) is 64.3 Å². The number of hydrogen-bond donors (Lipinski definition) is 1. The maximum Gasteiger partial charge on any atom is 0.262 e. The molecule has 2 heterocycles. The summed E-state index contributed by atoms with van der Waals surface area (Å²) in [5.74, 6) is 1.17. The lowest BCUT2D eigenvalue weighted by atomic mass is 9.97. The van der Waals surface area contributed by atoms with E-state index in [1.807, 2.05) is 31.2 Å². The van der Waals surface area contributed by atoms with Gasteiger partial charge in [-0.2, -0.15) is 0 Å². The number of aryl methyl sites for hydroxylation is 3. The molecule has 1 aliphatic carbocycles. The van der Waals surface area contributed by atoms with Crippen LogP contribution in [0.1, 0.15) is 28.8 Å². The van der Waals surface area contributed by atoms with Crippen LogP contribution >= 0.6 is 23.1 Å². The second kappa shape index (κ2) is 8.27. The van der Waals surface area contributed by atoms with E-state index >= 15 is 0 Å². The molecule has 0 radical (unpaired) electrons. The Kier molecular flexibility index (Phi) is 5.75. The number of fused-ring (bicyclic) bond motifs is 3. The van der Waals surface area contributed by atoms with Crippen LogP contribution in [0.3, 0.4) is 0 Å². The van der Waals surface area contributed by atoms with E-state index in [4.69, 9.17) is 9.72 Å². The van der Waals surface area contributed by atoms with Crippen molar-refractivity contribution < 1.29 is 9.84 Å². The third kappa shape index (κ3) is 3.97. The third-order valence-electron chi connectivity index (χ3n) is 4.99. The molecule has 0 spiro atoms. The molecule has 0 saturated heterocycles. The van der Waals surface area contributed by atoms with Crippen molar-refractivity contribution in [3.63, 3.8) is 0 Å². The lowest BCUT2D eigenvalue weighted by Crippen LogP contribution is -2.23. The number of thiophene rings is 1. The average molecular weight is 417 g/mol. The highest BCUT2D eigenvalue weighted by atomic mass is 32.2. The lowest BCUT2D eigenvalue weighted by molar-refractivity contribution is 0.126. The molecule has 0 bridgehead atoms. The number of nitrogens with zero attached hydrogens (tertiary/aromatic N) is 2. The number of rotatable bonds is 6. The van der Waals surface area contributed by atoms with E-state index in [1.165, 1.54) is 28.6 Å². The maximum absolute atomic E-state index is 12.9.